The summed E-state index contributed by atoms with van der Waals surface area (Å²) >= 11 is 0. The van der Waals surface area contributed by atoms with E-state index in [1.165, 1.54) is 0 Å². The lowest BCUT2D eigenvalue weighted by Crippen LogP contribution is -2.73. The van der Waals surface area contributed by atoms with Crippen molar-refractivity contribution in [1.82, 2.24) is 0 Å². The maximum Gasteiger partial charge on any atom is 0.460 e. The summed E-state index contributed by atoms with van der Waals surface area (Å²) in [4.78, 5) is 0. The molecular weight excluding hydrogens is 1190 g/mol. The van der Waals surface area contributed by atoms with Crippen LogP contribution in [0.3, 0.4) is 0 Å². The lowest BCUT2D eigenvalue weighted by molar-refractivity contribution is -0.475. The van der Waals surface area contributed by atoms with Crippen molar-refractivity contribution in [2.45, 2.75) is 126 Å². The Morgan fingerprint density at radius 1 is 0.143 bits per heavy atom. The highest BCUT2D eigenvalue weighted by atomic mass is 31.2. The second kappa shape index (κ2) is 16.8. The summed E-state index contributed by atoms with van der Waals surface area (Å²) in [5.74, 6) is -145. The molecule has 0 rings (SSSR count). The molecule has 49 heteroatoms. The van der Waals surface area contributed by atoms with Gasteiger partial charge >= 0.3 is 134 Å². The standard InChI is InChI=1S/C21F45O3P/c22-1(23,4(28,29)10(40,41)16(52,53)54)7(34,35)13(46,47)19(61,62)67-70(68-20(63,64)14(48,49)8(36,37)2(24,25)5(30,31)11(42,43)17(55,56)57)69-21(65,66)15(50,51)9(38,39)3(26,27)6(32,33)12(44,45)18(58,59)60. The normalized spacial score (nSPS) is 17.2. The summed E-state index contributed by atoms with van der Waals surface area (Å²) in [6.07, 6.45) is -54.6. The highest BCUT2D eigenvalue weighted by Gasteiger charge is 2.98. The predicted octanol–water partition coefficient (Wildman–Crippen LogP) is 15.3. The zero-order valence-electron chi connectivity index (χ0n) is 29.2. The van der Waals surface area contributed by atoms with Gasteiger partial charge in [0.25, 0.3) is 0 Å². The van der Waals surface area contributed by atoms with Crippen molar-refractivity contribution >= 4 is 8.60 Å². The molecule has 0 atom stereocenters. The van der Waals surface area contributed by atoms with Crippen LogP contribution in [0.2, 0.25) is 0 Å². The average Bonchev–Trinajstić information content (AvgIpc) is 3.08. The molecule has 0 aromatic carbocycles. The molecule has 70 heavy (non-hydrogen) atoms. The quantitative estimate of drug-likeness (QED) is 0.0847. The fourth-order valence-corrected chi connectivity index (χ4v) is 4.38. The molecule has 0 saturated carbocycles. The lowest BCUT2D eigenvalue weighted by Gasteiger charge is -2.43. The van der Waals surface area contributed by atoms with Gasteiger partial charge in [-0.2, -0.15) is 198 Å². The minimum absolute atomic E-state index is 0.985. The average molecular weight is 1190 g/mol. The molecule has 0 amide bonds. The second-order valence-corrected chi connectivity index (χ2v) is 13.2. The fourth-order valence-electron chi connectivity index (χ4n) is 3.37. The van der Waals surface area contributed by atoms with Crippen LogP contribution in [-0.4, -0.2) is 126 Å². The van der Waals surface area contributed by atoms with E-state index in [0.717, 1.165) is 13.6 Å². The predicted molar refractivity (Wildman–Crippen MR) is 117 cm³/mol. The van der Waals surface area contributed by atoms with Gasteiger partial charge in [0.15, 0.2) is 0 Å². The van der Waals surface area contributed by atoms with Gasteiger partial charge in [-0.05, 0) is 0 Å². The summed E-state index contributed by atoms with van der Waals surface area (Å²) < 4.78 is 606. The van der Waals surface area contributed by atoms with Gasteiger partial charge in [-0.15, -0.1) is 0 Å². The molecule has 0 aliphatic rings. The van der Waals surface area contributed by atoms with Gasteiger partial charge in [0.1, 0.15) is 0 Å². The highest BCUT2D eigenvalue weighted by Crippen LogP contribution is 2.70. The molecular formula is C21F45O3P. The first-order chi connectivity index (χ1) is 29.3. The van der Waals surface area contributed by atoms with Gasteiger partial charge in [-0.1, -0.05) is 0 Å². The van der Waals surface area contributed by atoms with Crippen molar-refractivity contribution in [2.75, 3.05) is 0 Å². The van der Waals surface area contributed by atoms with Crippen molar-refractivity contribution in [2.24, 2.45) is 0 Å². The lowest BCUT2D eigenvalue weighted by atomic mass is 9.93. The Kier molecular flexibility index (Phi) is 16.2. The van der Waals surface area contributed by atoms with E-state index in [0.29, 0.717) is 0 Å². The van der Waals surface area contributed by atoms with E-state index in [4.69, 9.17) is 0 Å². The summed E-state index contributed by atoms with van der Waals surface area (Å²) in [6, 6.07) is 0. The van der Waals surface area contributed by atoms with Crippen LogP contribution in [0.25, 0.3) is 0 Å². The van der Waals surface area contributed by atoms with Crippen LogP contribution in [0.5, 0.6) is 0 Å². The van der Waals surface area contributed by atoms with Crippen molar-refractivity contribution in [3.05, 3.63) is 0 Å². The van der Waals surface area contributed by atoms with E-state index in [9.17, 15) is 198 Å². The topological polar surface area (TPSA) is 27.7 Å². The first kappa shape index (κ1) is 67.2. The summed E-state index contributed by atoms with van der Waals surface area (Å²) in [7, 11) is -8.95. The highest BCUT2D eigenvalue weighted by molar-refractivity contribution is 7.41. The third-order valence-corrected chi connectivity index (χ3v) is 8.60. The molecule has 0 heterocycles. The zero-order chi connectivity index (χ0) is 58.2. The molecule has 0 bridgehead atoms. The second-order valence-electron chi connectivity index (χ2n) is 12.2. The monoisotopic (exact) mass is 1190 g/mol. The Bertz CT molecular complexity index is 1630. The van der Waals surface area contributed by atoms with E-state index in [-0.39, 0.29) is 0 Å². The van der Waals surface area contributed by atoms with Crippen LogP contribution in [0.1, 0.15) is 0 Å². The van der Waals surface area contributed by atoms with Crippen LogP contribution in [0.15, 0.2) is 0 Å². The molecule has 422 valence electrons. The van der Waals surface area contributed by atoms with Crippen LogP contribution >= 0.6 is 8.60 Å². The maximum absolute atomic E-state index is 14.2. The first-order valence-corrected chi connectivity index (χ1v) is 15.3. The molecule has 3 nitrogen and oxygen atoms in total. The smallest absolute Gasteiger partial charge is 0.241 e. The Balaban J connectivity index is 8.53. The molecule has 0 N–H and O–H groups in total. The van der Waals surface area contributed by atoms with E-state index < -0.39 is 134 Å². The van der Waals surface area contributed by atoms with Gasteiger partial charge < -0.3 is 0 Å². The van der Waals surface area contributed by atoms with E-state index in [1.807, 2.05) is 0 Å². The minimum Gasteiger partial charge on any atom is -0.241 e. The fraction of sp³-hybridized carbons (Fsp3) is 1.00. The van der Waals surface area contributed by atoms with Gasteiger partial charge in [-0.25, -0.2) is 13.6 Å². The van der Waals surface area contributed by atoms with Crippen molar-refractivity contribution in [1.29, 1.82) is 0 Å². The molecule has 0 aromatic heterocycles. The summed E-state index contributed by atoms with van der Waals surface area (Å²) in [5.41, 5.74) is 0. The Morgan fingerprint density at radius 2 is 0.243 bits per heavy atom. The molecule has 0 spiro atoms. The Labute approximate surface area is 347 Å². The van der Waals surface area contributed by atoms with Crippen LogP contribution in [0.4, 0.5) is 198 Å². The number of alkyl halides is 45. The van der Waals surface area contributed by atoms with Gasteiger partial charge in [-0.3, -0.25) is 0 Å². The molecule has 0 aliphatic carbocycles. The number of rotatable bonds is 21. The Hall–Kier alpha value is -2.84. The Morgan fingerprint density at radius 3 is 0.357 bits per heavy atom. The van der Waals surface area contributed by atoms with E-state index in [2.05, 4.69) is 0 Å². The zero-order valence-corrected chi connectivity index (χ0v) is 30.1. The van der Waals surface area contributed by atoms with Gasteiger partial charge in [0.2, 0.25) is 0 Å². The molecule has 0 aromatic rings. The molecule has 0 aliphatic heterocycles. The van der Waals surface area contributed by atoms with Crippen LogP contribution in [0, 0.1) is 0 Å². The van der Waals surface area contributed by atoms with Crippen molar-refractivity contribution in [3.63, 3.8) is 0 Å². The van der Waals surface area contributed by atoms with E-state index in [1.54, 1.807) is 0 Å². The molecule has 0 unspecified atom stereocenters. The third-order valence-electron chi connectivity index (χ3n) is 7.46. The van der Waals surface area contributed by atoms with Gasteiger partial charge in [0, 0.05) is 0 Å². The molecule has 0 saturated heterocycles. The van der Waals surface area contributed by atoms with Crippen molar-refractivity contribution < 1.29 is 211 Å². The van der Waals surface area contributed by atoms with Gasteiger partial charge in [0.05, 0.1) is 0 Å². The largest absolute Gasteiger partial charge is 0.460 e. The first-order valence-electron chi connectivity index (χ1n) is 14.2. The van der Waals surface area contributed by atoms with Crippen LogP contribution in [-0.2, 0) is 13.6 Å². The minimum atomic E-state index is -9.98. The molecule has 0 radical (unpaired) electrons. The third kappa shape index (κ3) is 8.84. The number of halogens is 45. The SMILES string of the molecule is FC(F)(F)C(F)(F)C(F)(F)C(F)(F)C(F)(F)C(F)(F)C(F)(F)OP(OC(F)(F)C(F)(F)C(F)(F)C(F)(F)C(F)(F)C(F)(F)C(F)(F)F)OC(F)(F)C(F)(F)C(F)(F)C(F)(F)C(F)(F)C(F)(F)C(F)(F)F. The van der Waals surface area contributed by atoms with Crippen LogP contribution < -0.4 is 0 Å². The molecule has 0 fully saturated rings. The summed E-state index contributed by atoms with van der Waals surface area (Å²) in [6.45, 7) is 0. The van der Waals surface area contributed by atoms with Crippen molar-refractivity contribution in [3.8, 4) is 0 Å². The summed E-state index contributed by atoms with van der Waals surface area (Å²) in [5, 5.41) is 0. The number of hydrogen-bond donors (Lipinski definition) is 0. The number of hydrogen-bond acceptors (Lipinski definition) is 3. The maximum atomic E-state index is 14.2. The van der Waals surface area contributed by atoms with E-state index >= 15 is 0 Å².